The van der Waals surface area contributed by atoms with Crippen LogP contribution in [0.4, 0.5) is 0 Å². The minimum absolute atomic E-state index is 0.110. The van der Waals surface area contributed by atoms with E-state index in [1.165, 1.54) is 24.4 Å². The number of aliphatic hydroxyl groups is 3. The third kappa shape index (κ3) is 3.25. The molecule has 28 heavy (non-hydrogen) atoms. The molecule has 3 rings (SSSR count). The number of carbonyl (C=O) groups excluding carboxylic acids is 2. The number of benzene rings is 1. The number of H-pyrrole nitrogens is 1. The number of nitrogens with one attached hydrogen (secondary N) is 1. The van der Waals surface area contributed by atoms with Crippen LogP contribution >= 0.6 is 12.2 Å². The minimum atomic E-state index is -2.59. The van der Waals surface area contributed by atoms with Gasteiger partial charge in [-0.3, -0.25) is 19.1 Å². The maximum Gasteiger partial charge on any atom is 0.328 e. The van der Waals surface area contributed by atoms with Gasteiger partial charge >= 0.3 is 5.69 Å². The van der Waals surface area contributed by atoms with Gasteiger partial charge < -0.3 is 20.1 Å². The summed E-state index contributed by atoms with van der Waals surface area (Å²) in [6.07, 6.45) is -5.93. The SMILES string of the molecule is CC(=O)[C@@]1(O)[C@H](O)[C@@H](C(=O)C(O)c2ccccc2)O[C@H]1n1ccc(=S)[nH]c1=O. The molecule has 148 valence electrons. The third-order valence-electron chi connectivity index (χ3n) is 4.72. The first-order chi connectivity index (χ1) is 13.2. The first kappa shape index (κ1) is 20.2. The minimum Gasteiger partial charge on any atom is -0.386 e. The monoisotopic (exact) mass is 406 g/mol. The van der Waals surface area contributed by atoms with E-state index < -0.39 is 47.4 Å². The van der Waals surface area contributed by atoms with Crippen LogP contribution in [-0.2, 0) is 14.3 Å². The summed E-state index contributed by atoms with van der Waals surface area (Å²) in [4.78, 5) is 39.4. The molecule has 1 aliphatic rings. The second-order valence-corrected chi connectivity index (χ2v) is 6.91. The topological polar surface area (TPSA) is 142 Å². The normalized spacial score (nSPS) is 28.1. The fourth-order valence-electron chi connectivity index (χ4n) is 3.14. The second-order valence-electron chi connectivity index (χ2n) is 6.47. The quantitative estimate of drug-likeness (QED) is 0.500. The van der Waals surface area contributed by atoms with Gasteiger partial charge in [-0.25, -0.2) is 4.79 Å². The molecule has 4 N–H and O–H groups in total. The summed E-state index contributed by atoms with van der Waals surface area (Å²) in [7, 11) is 0. The van der Waals surface area contributed by atoms with Gasteiger partial charge in [0.05, 0.1) is 0 Å². The van der Waals surface area contributed by atoms with Crippen molar-refractivity contribution in [2.75, 3.05) is 0 Å². The van der Waals surface area contributed by atoms with E-state index in [1.807, 2.05) is 0 Å². The van der Waals surface area contributed by atoms with Gasteiger partial charge in [0.2, 0.25) is 0 Å². The molecule has 0 bridgehead atoms. The lowest BCUT2D eigenvalue weighted by Gasteiger charge is -2.28. The van der Waals surface area contributed by atoms with Crippen molar-refractivity contribution >= 4 is 23.8 Å². The molecule has 9 nitrogen and oxygen atoms in total. The Hall–Kier alpha value is -2.50. The molecular formula is C18H18N2O7S. The van der Waals surface area contributed by atoms with Crippen molar-refractivity contribution in [3.8, 4) is 0 Å². The number of Topliss-reactive ketones (excluding diaryl/α,β-unsaturated/α-hetero) is 2. The summed E-state index contributed by atoms with van der Waals surface area (Å²) in [5.74, 6) is -1.87. The van der Waals surface area contributed by atoms with Gasteiger partial charge in [-0.05, 0) is 18.6 Å². The van der Waals surface area contributed by atoms with Crippen molar-refractivity contribution in [1.29, 1.82) is 0 Å². The largest absolute Gasteiger partial charge is 0.386 e. The highest BCUT2D eigenvalue weighted by molar-refractivity contribution is 7.71. The van der Waals surface area contributed by atoms with Gasteiger partial charge in [-0.2, -0.15) is 0 Å². The molecule has 1 aromatic heterocycles. The van der Waals surface area contributed by atoms with Crippen LogP contribution in [0.15, 0.2) is 47.4 Å². The molecule has 1 aliphatic heterocycles. The number of aromatic amines is 1. The maximum atomic E-state index is 12.7. The van der Waals surface area contributed by atoms with E-state index in [1.54, 1.807) is 18.2 Å². The highest BCUT2D eigenvalue weighted by Crippen LogP contribution is 2.40. The molecule has 5 atom stereocenters. The van der Waals surface area contributed by atoms with Crippen molar-refractivity contribution in [3.05, 3.63) is 63.3 Å². The summed E-state index contributed by atoms with van der Waals surface area (Å²) in [6, 6.07) is 9.23. The number of aliphatic hydroxyl groups excluding tert-OH is 2. The average molecular weight is 406 g/mol. The number of ketones is 2. The molecule has 1 unspecified atom stereocenters. The van der Waals surface area contributed by atoms with E-state index in [2.05, 4.69) is 4.98 Å². The number of aromatic nitrogens is 2. The Morgan fingerprint density at radius 3 is 2.50 bits per heavy atom. The van der Waals surface area contributed by atoms with Crippen LogP contribution in [0, 0.1) is 4.64 Å². The van der Waals surface area contributed by atoms with Crippen molar-refractivity contribution < 1.29 is 29.6 Å². The first-order valence-electron chi connectivity index (χ1n) is 8.33. The predicted octanol–water partition coefficient (Wildman–Crippen LogP) is -0.213. The van der Waals surface area contributed by atoms with Crippen molar-refractivity contribution in [3.63, 3.8) is 0 Å². The van der Waals surface area contributed by atoms with Crippen molar-refractivity contribution in [1.82, 2.24) is 9.55 Å². The van der Waals surface area contributed by atoms with E-state index >= 15 is 0 Å². The highest BCUT2D eigenvalue weighted by Gasteiger charge is 2.62. The van der Waals surface area contributed by atoms with Crippen molar-refractivity contribution in [2.24, 2.45) is 0 Å². The van der Waals surface area contributed by atoms with Gasteiger partial charge in [0, 0.05) is 6.20 Å². The van der Waals surface area contributed by atoms with Gasteiger partial charge in [0.25, 0.3) is 0 Å². The Kier molecular flexibility index (Phi) is 5.41. The van der Waals surface area contributed by atoms with Crippen LogP contribution < -0.4 is 5.69 Å². The molecular weight excluding hydrogens is 388 g/mol. The number of ether oxygens (including phenoxy) is 1. The van der Waals surface area contributed by atoms with Gasteiger partial charge in [-0.1, -0.05) is 42.5 Å². The molecule has 0 radical (unpaired) electrons. The van der Waals surface area contributed by atoms with E-state index in [9.17, 15) is 29.7 Å². The molecule has 1 aromatic carbocycles. The zero-order chi connectivity index (χ0) is 20.6. The summed E-state index contributed by atoms with van der Waals surface area (Å²) >= 11 is 4.84. The van der Waals surface area contributed by atoms with E-state index in [0.717, 1.165) is 11.5 Å². The molecule has 1 saturated heterocycles. The Balaban J connectivity index is 2.01. The number of carbonyl (C=O) groups is 2. The molecule has 0 saturated carbocycles. The number of nitrogens with zero attached hydrogens (tertiary/aromatic N) is 1. The molecule has 2 aromatic rings. The number of hydrogen-bond donors (Lipinski definition) is 4. The summed E-state index contributed by atoms with van der Waals surface area (Å²) in [6.45, 7) is 0.996. The van der Waals surface area contributed by atoms with Crippen LogP contribution in [0.2, 0.25) is 0 Å². The summed E-state index contributed by atoms with van der Waals surface area (Å²) < 4.78 is 6.37. The van der Waals surface area contributed by atoms with Crippen LogP contribution in [0.25, 0.3) is 0 Å². The lowest BCUT2D eigenvalue weighted by atomic mass is 9.87. The van der Waals surface area contributed by atoms with Gasteiger partial charge in [0.15, 0.2) is 29.5 Å². The molecule has 0 spiro atoms. The highest BCUT2D eigenvalue weighted by atomic mass is 32.1. The van der Waals surface area contributed by atoms with Gasteiger partial charge in [-0.15, -0.1) is 0 Å². The number of rotatable bonds is 5. The van der Waals surface area contributed by atoms with E-state index in [-0.39, 0.29) is 10.2 Å². The molecule has 10 heteroatoms. The number of hydrogen-bond acceptors (Lipinski definition) is 8. The molecule has 2 heterocycles. The molecule has 0 aliphatic carbocycles. The molecule has 0 amide bonds. The Bertz CT molecular complexity index is 1020. The third-order valence-corrected chi connectivity index (χ3v) is 4.96. The smallest absolute Gasteiger partial charge is 0.328 e. The average Bonchev–Trinajstić information content (AvgIpc) is 2.94. The predicted molar refractivity (Wildman–Crippen MR) is 97.8 cm³/mol. The van der Waals surface area contributed by atoms with Crippen LogP contribution in [0.1, 0.15) is 24.8 Å². The second kappa shape index (κ2) is 7.49. The van der Waals surface area contributed by atoms with Gasteiger partial charge in [0.1, 0.15) is 16.8 Å². The fourth-order valence-corrected chi connectivity index (χ4v) is 3.29. The van der Waals surface area contributed by atoms with Crippen LogP contribution in [-0.4, -0.2) is 54.2 Å². The maximum absolute atomic E-state index is 12.7. The standard InChI is InChI=1S/C18H18N2O7S/c1-9(21)18(26)15(24)14(13(23)12(22)10-5-3-2-4-6-10)27-16(18)20-8-7-11(28)19-17(20)25/h2-8,12,14-16,22,24,26H,1H3,(H,19,25,28)/t12?,14-,15-,16-,18-/m1/s1. The first-order valence-corrected chi connectivity index (χ1v) is 8.74. The summed E-state index contributed by atoms with van der Waals surface area (Å²) in [5, 5.41) is 31.7. The zero-order valence-electron chi connectivity index (χ0n) is 14.7. The Morgan fingerprint density at radius 1 is 1.29 bits per heavy atom. The Labute approximate surface area is 163 Å². The zero-order valence-corrected chi connectivity index (χ0v) is 15.5. The molecule has 1 fully saturated rings. The summed E-state index contributed by atoms with van der Waals surface area (Å²) in [5.41, 5.74) is -3.14. The fraction of sp³-hybridized carbons (Fsp3) is 0.333. The van der Waals surface area contributed by atoms with Crippen LogP contribution in [0.5, 0.6) is 0 Å². The van der Waals surface area contributed by atoms with Crippen LogP contribution in [0.3, 0.4) is 0 Å². The van der Waals surface area contributed by atoms with E-state index in [0.29, 0.717) is 0 Å². The lowest BCUT2D eigenvalue weighted by molar-refractivity contribution is -0.157. The van der Waals surface area contributed by atoms with E-state index in [4.69, 9.17) is 17.0 Å². The Morgan fingerprint density at radius 2 is 1.93 bits per heavy atom. The van der Waals surface area contributed by atoms with Crippen molar-refractivity contribution in [2.45, 2.75) is 37.1 Å². The lowest BCUT2D eigenvalue weighted by Crippen LogP contribution is -2.54.